The van der Waals surface area contributed by atoms with Crippen LogP contribution in [0.5, 0.6) is 0 Å². The minimum Gasteiger partial charge on any atom is -0.408 e. The van der Waals surface area contributed by atoms with Gasteiger partial charge in [0.05, 0.1) is 11.7 Å². The highest BCUT2D eigenvalue weighted by molar-refractivity contribution is 5.98. The van der Waals surface area contributed by atoms with Crippen molar-refractivity contribution in [3.63, 3.8) is 0 Å². The molecule has 0 fully saturated rings. The Bertz CT molecular complexity index is 1860. The molecule has 14 heteroatoms. The molecule has 4 N–H and O–H groups in total. The van der Waals surface area contributed by atoms with Gasteiger partial charge in [-0.05, 0) is 35.4 Å². The molecule has 12 nitrogen and oxygen atoms in total. The van der Waals surface area contributed by atoms with Gasteiger partial charge >= 0.3 is 5.76 Å². The molecule has 3 heterocycles. The number of aromatic nitrogens is 4. The van der Waals surface area contributed by atoms with Gasteiger partial charge in [-0.25, -0.2) is 23.1 Å². The van der Waals surface area contributed by atoms with Crippen molar-refractivity contribution in [2.24, 2.45) is 12.8 Å². The third-order valence-electron chi connectivity index (χ3n) is 5.98. The summed E-state index contributed by atoms with van der Waals surface area (Å²) in [6.07, 6.45) is 0.844. The molecule has 0 bridgehead atoms. The van der Waals surface area contributed by atoms with E-state index in [4.69, 9.17) is 10.2 Å². The van der Waals surface area contributed by atoms with Gasteiger partial charge in [0.15, 0.2) is 17.0 Å². The van der Waals surface area contributed by atoms with Crippen LogP contribution in [0.2, 0.25) is 0 Å². The van der Waals surface area contributed by atoms with Crippen LogP contribution in [0.4, 0.5) is 8.78 Å². The van der Waals surface area contributed by atoms with Crippen LogP contribution < -0.4 is 22.1 Å². The summed E-state index contributed by atoms with van der Waals surface area (Å²) >= 11 is 0. The van der Waals surface area contributed by atoms with Crippen molar-refractivity contribution in [2.75, 3.05) is 0 Å². The number of carbonyl (C=O) groups is 3. The van der Waals surface area contributed by atoms with Crippen molar-refractivity contribution in [2.45, 2.75) is 13.1 Å². The highest BCUT2D eigenvalue weighted by atomic mass is 19.1. The van der Waals surface area contributed by atoms with Gasteiger partial charge in [0.1, 0.15) is 17.2 Å². The molecule has 0 aliphatic rings. The van der Waals surface area contributed by atoms with Crippen LogP contribution in [0.3, 0.4) is 0 Å². The Kier molecular flexibility index (Phi) is 6.35. The van der Waals surface area contributed by atoms with Crippen molar-refractivity contribution < 1.29 is 27.6 Å². The standard InChI is InChI=1S/C25H19F2N7O5/c1-33-18-6-12(2-5-20(18)39-25(33)38)9-29-23(36)17-8-19(34-22(32-17)16(27)11-31-34)24(37)30-10-13-3-4-14(26)7-15(13)21(28)35/h2-8,11H,9-10H2,1H3,(H2,28,35)(H,29,36)(H,30,37). The zero-order valence-corrected chi connectivity index (χ0v) is 20.2. The maximum absolute atomic E-state index is 14.4. The molecule has 0 atom stereocenters. The number of nitrogens with two attached hydrogens (primary N) is 1. The first kappa shape index (κ1) is 25.3. The lowest BCUT2D eigenvalue weighted by molar-refractivity contribution is 0.0937. The van der Waals surface area contributed by atoms with Gasteiger partial charge < -0.3 is 20.8 Å². The number of aryl methyl sites for hydroxylation is 1. The number of halogens is 2. The molecule has 0 aliphatic heterocycles. The number of hydrogen-bond donors (Lipinski definition) is 3. The first-order chi connectivity index (χ1) is 18.6. The van der Waals surface area contributed by atoms with E-state index in [1.165, 1.54) is 10.6 Å². The van der Waals surface area contributed by atoms with E-state index in [1.54, 1.807) is 25.2 Å². The second-order valence-electron chi connectivity index (χ2n) is 8.51. The summed E-state index contributed by atoms with van der Waals surface area (Å²) < 4.78 is 35.2. The summed E-state index contributed by atoms with van der Waals surface area (Å²) in [5.41, 5.74) is 6.16. The summed E-state index contributed by atoms with van der Waals surface area (Å²) in [6.45, 7) is -0.184. The van der Waals surface area contributed by atoms with E-state index in [0.717, 1.165) is 28.9 Å². The van der Waals surface area contributed by atoms with Gasteiger partial charge in [-0.2, -0.15) is 5.10 Å². The van der Waals surface area contributed by atoms with E-state index in [2.05, 4.69) is 20.7 Å². The van der Waals surface area contributed by atoms with Gasteiger partial charge in [0.25, 0.3) is 11.8 Å². The number of amides is 3. The largest absolute Gasteiger partial charge is 0.419 e. The molecule has 3 amide bonds. The summed E-state index contributed by atoms with van der Waals surface area (Å²) in [5.74, 6) is -4.42. The van der Waals surface area contributed by atoms with Crippen LogP contribution >= 0.6 is 0 Å². The van der Waals surface area contributed by atoms with Gasteiger partial charge in [-0.1, -0.05) is 12.1 Å². The zero-order valence-electron chi connectivity index (χ0n) is 20.2. The smallest absolute Gasteiger partial charge is 0.408 e. The van der Waals surface area contributed by atoms with Crippen LogP contribution in [0.15, 0.2) is 57.9 Å². The average molecular weight is 535 g/mol. The molecular weight excluding hydrogens is 516 g/mol. The molecule has 2 aromatic carbocycles. The maximum atomic E-state index is 14.4. The Morgan fingerprint density at radius 3 is 2.56 bits per heavy atom. The van der Waals surface area contributed by atoms with Gasteiger partial charge in [-0.15, -0.1) is 0 Å². The fourth-order valence-electron chi connectivity index (χ4n) is 3.97. The molecule has 39 heavy (non-hydrogen) atoms. The van der Waals surface area contributed by atoms with Gasteiger partial charge in [-0.3, -0.25) is 19.0 Å². The van der Waals surface area contributed by atoms with Crippen LogP contribution in [-0.4, -0.2) is 36.9 Å². The molecule has 0 radical (unpaired) electrons. The van der Waals surface area contributed by atoms with Gasteiger partial charge in [0, 0.05) is 31.8 Å². The van der Waals surface area contributed by atoms with Crippen molar-refractivity contribution >= 4 is 34.5 Å². The Labute approximate surface area is 217 Å². The van der Waals surface area contributed by atoms with Crippen LogP contribution in [0.25, 0.3) is 16.7 Å². The minimum atomic E-state index is -0.882. The molecule has 0 saturated heterocycles. The Morgan fingerprint density at radius 2 is 1.79 bits per heavy atom. The lowest BCUT2D eigenvalue weighted by Crippen LogP contribution is -2.29. The van der Waals surface area contributed by atoms with Crippen molar-refractivity contribution in [1.29, 1.82) is 0 Å². The van der Waals surface area contributed by atoms with E-state index in [9.17, 15) is 28.0 Å². The fraction of sp³-hybridized carbons (Fsp3) is 0.120. The van der Waals surface area contributed by atoms with E-state index < -0.39 is 35.1 Å². The summed E-state index contributed by atoms with van der Waals surface area (Å²) in [5, 5.41) is 8.98. The van der Waals surface area contributed by atoms with E-state index >= 15 is 0 Å². The lowest BCUT2D eigenvalue weighted by atomic mass is 10.1. The summed E-state index contributed by atoms with van der Waals surface area (Å²) in [6, 6.07) is 9.40. The van der Waals surface area contributed by atoms with E-state index in [-0.39, 0.29) is 41.3 Å². The van der Waals surface area contributed by atoms with E-state index in [0.29, 0.717) is 16.7 Å². The average Bonchev–Trinajstić information content (AvgIpc) is 3.43. The number of benzene rings is 2. The Hall–Kier alpha value is -5.40. The SMILES string of the molecule is Cn1c(=O)oc2ccc(CNC(=O)c3cc(C(=O)NCc4ccc(F)cc4C(N)=O)n4ncc(F)c4n3)cc21. The number of fused-ring (bicyclic) bond motifs is 2. The minimum absolute atomic E-state index is 0.0325. The Morgan fingerprint density at radius 1 is 1.03 bits per heavy atom. The topological polar surface area (TPSA) is 167 Å². The number of nitrogens with zero attached hydrogens (tertiary/aromatic N) is 4. The normalized spacial score (nSPS) is 11.2. The monoisotopic (exact) mass is 535 g/mol. The molecule has 0 saturated carbocycles. The van der Waals surface area contributed by atoms with Crippen LogP contribution in [-0.2, 0) is 20.1 Å². The van der Waals surface area contributed by atoms with Crippen molar-refractivity contribution in [3.8, 4) is 0 Å². The predicted molar refractivity (Wildman–Crippen MR) is 132 cm³/mol. The number of primary amides is 1. The summed E-state index contributed by atoms with van der Waals surface area (Å²) in [7, 11) is 1.55. The number of nitrogens with one attached hydrogen (secondary N) is 2. The number of carbonyl (C=O) groups excluding carboxylic acids is 3. The first-order valence-corrected chi connectivity index (χ1v) is 11.4. The number of oxazole rings is 1. The fourth-order valence-corrected chi connectivity index (χ4v) is 3.97. The number of rotatable bonds is 7. The molecule has 5 aromatic rings. The third-order valence-corrected chi connectivity index (χ3v) is 5.98. The summed E-state index contributed by atoms with van der Waals surface area (Å²) in [4.78, 5) is 53.3. The predicted octanol–water partition coefficient (Wildman–Crippen LogP) is 1.41. The second-order valence-corrected chi connectivity index (χ2v) is 8.51. The van der Waals surface area contributed by atoms with Crippen LogP contribution in [0, 0.1) is 11.6 Å². The molecule has 5 rings (SSSR count). The van der Waals surface area contributed by atoms with Crippen molar-refractivity contribution in [1.82, 2.24) is 29.8 Å². The van der Waals surface area contributed by atoms with Gasteiger partial charge in [0.2, 0.25) is 5.91 Å². The highest BCUT2D eigenvalue weighted by Gasteiger charge is 2.21. The maximum Gasteiger partial charge on any atom is 0.419 e. The molecule has 0 spiro atoms. The quantitative estimate of drug-likeness (QED) is 0.283. The zero-order chi connectivity index (χ0) is 27.8. The molecule has 0 aliphatic carbocycles. The van der Waals surface area contributed by atoms with Crippen molar-refractivity contribution in [3.05, 3.63) is 98.9 Å². The molecule has 198 valence electrons. The van der Waals surface area contributed by atoms with Crippen LogP contribution in [0.1, 0.15) is 42.5 Å². The molecule has 0 unspecified atom stereocenters. The van der Waals surface area contributed by atoms with E-state index in [1.807, 2.05) is 0 Å². The Balaban J connectivity index is 1.38. The molecular formula is C25H19F2N7O5. The lowest BCUT2D eigenvalue weighted by Gasteiger charge is -2.11. The molecule has 3 aromatic heterocycles. The number of hydrogen-bond acceptors (Lipinski definition) is 7. The third kappa shape index (κ3) is 4.82. The first-order valence-electron chi connectivity index (χ1n) is 11.4. The highest BCUT2D eigenvalue weighted by Crippen LogP contribution is 2.16. The second kappa shape index (κ2) is 9.81.